The van der Waals surface area contributed by atoms with Crippen molar-refractivity contribution in [3.05, 3.63) is 43.5 Å². The number of H-pyrrole nitrogens is 1. The Bertz CT molecular complexity index is 929. The van der Waals surface area contributed by atoms with Gasteiger partial charge < -0.3 is 4.98 Å². The highest BCUT2D eigenvalue weighted by Gasteiger charge is 2.12. The summed E-state index contributed by atoms with van der Waals surface area (Å²) in [5.41, 5.74) is 1.99. The van der Waals surface area contributed by atoms with Crippen molar-refractivity contribution in [2.45, 2.75) is 26.8 Å². The van der Waals surface area contributed by atoms with Gasteiger partial charge in [0.25, 0.3) is 5.56 Å². The van der Waals surface area contributed by atoms with Crippen molar-refractivity contribution >= 4 is 33.8 Å². The Morgan fingerprint density at radius 2 is 2.19 bits per heavy atom. The molecule has 0 radical (unpaired) electrons. The van der Waals surface area contributed by atoms with Crippen molar-refractivity contribution < 1.29 is 0 Å². The number of fused-ring (bicyclic) bond motifs is 1. The number of nitrogens with one attached hydrogen (secondary N) is 1. The van der Waals surface area contributed by atoms with Crippen molar-refractivity contribution in [2.75, 3.05) is 0 Å². The van der Waals surface area contributed by atoms with Gasteiger partial charge in [0.2, 0.25) is 0 Å². The summed E-state index contributed by atoms with van der Waals surface area (Å²) in [4.78, 5) is 17.9. The van der Waals surface area contributed by atoms with Crippen LogP contribution in [-0.4, -0.2) is 19.3 Å². The van der Waals surface area contributed by atoms with Crippen LogP contribution in [0.1, 0.15) is 16.1 Å². The number of aromatic nitrogens is 4. The predicted molar refractivity (Wildman–Crippen MR) is 87.7 cm³/mol. The van der Waals surface area contributed by atoms with E-state index in [0.717, 1.165) is 26.4 Å². The molecule has 7 heteroatoms. The Morgan fingerprint density at radius 1 is 1.43 bits per heavy atom. The van der Waals surface area contributed by atoms with E-state index in [1.165, 1.54) is 0 Å². The lowest BCUT2D eigenvalue weighted by molar-refractivity contribution is 0.633. The molecule has 0 fully saturated rings. The Hall–Kier alpha value is -1.73. The van der Waals surface area contributed by atoms with E-state index in [1.807, 2.05) is 33.2 Å². The molecule has 110 valence electrons. The van der Waals surface area contributed by atoms with Crippen molar-refractivity contribution in [3.8, 4) is 0 Å². The van der Waals surface area contributed by atoms with E-state index >= 15 is 0 Å². The van der Waals surface area contributed by atoms with Gasteiger partial charge in [-0.25, -0.2) is 0 Å². The fourth-order valence-corrected chi connectivity index (χ4v) is 3.78. The highest BCUT2D eigenvalue weighted by atomic mass is 32.1. The summed E-state index contributed by atoms with van der Waals surface area (Å²) in [6, 6.07) is 1.95. The third-order valence-corrected chi connectivity index (χ3v) is 5.12. The van der Waals surface area contributed by atoms with Crippen molar-refractivity contribution in [1.29, 1.82) is 0 Å². The van der Waals surface area contributed by atoms with Gasteiger partial charge in [0, 0.05) is 31.1 Å². The highest BCUT2D eigenvalue weighted by molar-refractivity contribution is 7.71. The molecule has 0 saturated carbocycles. The Kier molecular flexibility index (Phi) is 3.54. The van der Waals surface area contributed by atoms with Gasteiger partial charge in [-0.3, -0.25) is 14.0 Å². The number of rotatable bonds is 3. The van der Waals surface area contributed by atoms with E-state index in [4.69, 9.17) is 12.2 Å². The lowest BCUT2D eigenvalue weighted by Gasteiger charge is -2.05. The van der Waals surface area contributed by atoms with Gasteiger partial charge in [-0.2, -0.15) is 5.10 Å². The maximum atomic E-state index is 12.7. The van der Waals surface area contributed by atoms with E-state index in [2.05, 4.69) is 10.1 Å². The zero-order valence-electron chi connectivity index (χ0n) is 12.1. The zero-order chi connectivity index (χ0) is 15.1. The molecule has 5 nitrogen and oxygen atoms in total. The first-order valence-electron chi connectivity index (χ1n) is 6.68. The SMILES string of the molecule is Cc1sc2[nH]c(=S)n(CCc3ccn(C)n3)c(=O)c2c1C. The molecule has 0 bridgehead atoms. The van der Waals surface area contributed by atoms with Gasteiger partial charge in [0.1, 0.15) is 4.83 Å². The second-order valence-electron chi connectivity index (χ2n) is 5.11. The van der Waals surface area contributed by atoms with Crippen LogP contribution < -0.4 is 5.56 Å². The van der Waals surface area contributed by atoms with Crippen LogP contribution in [0.3, 0.4) is 0 Å². The van der Waals surface area contributed by atoms with Crippen molar-refractivity contribution in [1.82, 2.24) is 19.3 Å². The molecule has 0 aliphatic heterocycles. The molecule has 21 heavy (non-hydrogen) atoms. The fraction of sp³-hybridized carbons (Fsp3) is 0.357. The van der Waals surface area contributed by atoms with E-state index in [-0.39, 0.29) is 5.56 Å². The maximum absolute atomic E-state index is 12.7. The number of nitrogens with zero attached hydrogens (tertiary/aromatic N) is 3. The molecule has 3 aromatic rings. The van der Waals surface area contributed by atoms with Crippen LogP contribution >= 0.6 is 23.6 Å². The van der Waals surface area contributed by atoms with Gasteiger partial charge in [-0.05, 0) is 37.7 Å². The fourth-order valence-electron chi connectivity index (χ4n) is 2.39. The molecule has 3 aromatic heterocycles. The van der Waals surface area contributed by atoms with Crippen molar-refractivity contribution in [2.24, 2.45) is 7.05 Å². The average molecular weight is 320 g/mol. The molecule has 0 spiro atoms. The van der Waals surface area contributed by atoms with Gasteiger partial charge >= 0.3 is 0 Å². The third-order valence-electron chi connectivity index (χ3n) is 3.67. The minimum atomic E-state index is -0.00784. The highest BCUT2D eigenvalue weighted by Crippen LogP contribution is 2.25. The molecule has 0 saturated heterocycles. The smallest absolute Gasteiger partial charge is 0.263 e. The topological polar surface area (TPSA) is 55.6 Å². The van der Waals surface area contributed by atoms with Crippen LogP contribution in [-0.2, 0) is 20.0 Å². The molecule has 0 aliphatic rings. The standard InChI is InChI=1S/C14H16N4OS2/c1-8-9(2)21-12-11(8)13(19)18(14(20)15-12)7-5-10-4-6-17(3)16-10/h4,6H,5,7H2,1-3H3,(H,15,20). The Labute approximate surface area is 130 Å². The zero-order valence-corrected chi connectivity index (χ0v) is 13.8. The summed E-state index contributed by atoms with van der Waals surface area (Å²) in [6.45, 7) is 4.54. The molecular weight excluding hydrogens is 304 g/mol. The lowest BCUT2D eigenvalue weighted by Crippen LogP contribution is -2.23. The summed E-state index contributed by atoms with van der Waals surface area (Å²) >= 11 is 6.91. The summed E-state index contributed by atoms with van der Waals surface area (Å²) < 4.78 is 3.87. The third kappa shape index (κ3) is 2.47. The van der Waals surface area contributed by atoms with E-state index in [0.29, 0.717) is 17.7 Å². The van der Waals surface area contributed by atoms with Crippen LogP contribution in [0.2, 0.25) is 0 Å². The van der Waals surface area contributed by atoms with Crippen LogP contribution in [0.5, 0.6) is 0 Å². The maximum Gasteiger partial charge on any atom is 0.263 e. The molecule has 3 rings (SSSR count). The van der Waals surface area contributed by atoms with Gasteiger partial charge in [-0.1, -0.05) is 0 Å². The van der Waals surface area contributed by atoms with Gasteiger partial charge in [0.05, 0.1) is 11.1 Å². The second-order valence-corrected chi connectivity index (χ2v) is 6.72. The number of hydrogen-bond donors (Lipinski definition) is 1. The molecule has 0 amide bonds. The molecule has 0 aliphatic carbocycles. The van der Waals surface area contributed by atoms with Crippen LogP contribution in [0.4, 0.5) is 0 Å². The normalized spacial score (nSPS) is 11.4. The molecule has 0 aromatic carbocycles. The number of thiophene rings is 1. The minimum absolute atomic E-state index is 0.00784. The van der Waals surface area contributed by atoms with E-state index in [1.54, 1.807) is 20.6 Å². The molecular formula is C14H16N4OS2. The molecule has 0 unspecified atom stereocenters. The Balaban J connectivity index is 2.04. The van der Waals surface area contributed by atoms with E-state index in [9.17, 15) is 4.79 Å². The lowest BCUT2D eigenvalue weighted by atomic mass is 10.2. The Morgan fingerprint density at radius 3 is 2.86 bits per heavy atom. The summed E-state index contributed by atoms with van der Waals surface area (Å²) in [6.07, 6.45) is 2.58. The summed E-state index contributed by atoms with van der Waals surface area (Å²) in [5, 5.41) is 5.08. The van der Waals surface area contributed by atoms with E-state index < -0.39 is 0 Å². The monoisotopic (exact) mass is 320 g/mol. The number of aryl methyl sites for hydroxylation is 4. The summed E-state index contributed by atoms with van der Waals surface area (Å²) in [7, 11) is 1.88. The first kappa shape index (κ1) is 14.2. The number of hydrogen-bond acceptors (Lipinski definition) is 4. The molecule has 0 atom stereocenters. The minimum Gasteiger partial charge on any atom is -0.323 e. The van der Waals surface area contributed by atoms with Gasteiger partial charge in [0.15, 0.2) is 4.77 Å². The van der Waals surface area contributed by atoms with Crippen LogP contribution in [0, 0.1) is 18.6 Å². The van der Waals surface area contributed by atoms with Gasteiger partial charge in [-0.15, -0.1) is 11.3 Å². The largest absolute Gasteiger partial charge is 0.323 e. The predicted octanol–water partition coefficient (Wildman–Crippen LogP) is 2.71. The molecule has 1 N–H and O–H groups in total. The first-order chi connectivity index (χ1) is 9.97. The van der Waals surface area contributed by atoms with Crippen LogP contribution in [0.15, 0.2) is 17.1 Å². The van der Waals surface area contributed by atoms with Crippen molar-refractivity contribution in [3.63, 3.8) is 0 Å². The number of aromatic amines is 1. The molecule has 3 heterocycles. The second kappa shape index (κ2) is 5.23. The summed E-state index contributed by atoms with van der Waals surface area (Å²) in [5.74, 6) is 0. The first-order valence-corrected chi connectivity index (χ1v) is 7.91. The average Bonchev–Trinajstić information content (AvgIpc) is 2.94. The quantitative estimate of drug-likeness (QED) is 0.755. The van der Waals surface area contributed by atoms with Crippen LogP contribution in [0.25, 0.3) is 10.2 Å².